The van der Waals surface area contributed by atoms with Crippen molar-refractivity contribution in [3.05, 3.63) is 41.9 Å². The Morgan fingerprint density at radius 3 is 2.83 bits per heavy atom. The summed E-state index contributed by atoms with van der Waals surface area (Å²) in [5.74, 6) is 0.651. The van der Waals surface area contributed by atoms with Crippen molar-refractivity contribution in [1.82, 2.24) is 24.6 Å². The molecular formula is C17H21N5O2. The Morgan fingerprint density at radius 1 is 1.17 bits per heavy atom. The van der Waals surface area contributed by atoms with Gasteiger partial charge in [-0.1, -0.05) is 6.07 Å². The molecule has 2 aliphatic heterocycles. The highest BCUT2D eigenvalue weighted by Gasteiger charge is 2.28. The normalized spacial score (nSPS) is 18.1. The SMILES string of the molecule is O=C(c1cnn2c1OCCC2)N1CCN(Cc2ccccn2)CC1. The van der Waals surface area contributed by atoms with Gasteiger partial charge in [0.1, 0.15) is 5.56 Å². The zero-order valence-corrected chi connectivity index (χ0v) is 13.6. The van der Waals surface area contributed by atoms with Gasteiger partial charge in [0, 0.05) is 51.9 Å². The van der Waals surface area contributed by atoms with Crippen molar-refractivity contribution < 1.29 is 9.53 Å². The van der Waals surface area contributed by atoms with E-state index in [2.05, 4.69) is 15.0 Å². The molecule has 2 aliphatic rings. The van der Waals surface area contributed by atoms with Crippen molar-refractivity contribution in [3.8, 4) is 5.88 Å². The number of piperazine rings is 1. The van der Waals surface area contributed by atoms with Crippen molar-refractivity contribution in [2.75, 3.05) is 32.8 Å². The predicted molar refractivity (Wildman–Crippen MR) is 87.8 cm³/mol. The van der Waals surface area contributed by atoms with E-state index < -0.39 is 0 Å². The lowest BCUT2D eigenvalue weighted by Crippen LogP contribution is -2.48. The van der Waals surface area contributed by atoms with Crippen LogP contribution in [0.5, 0.6) is 5.88 Å². The number of amides is 1. The van der Waals surface area contributed by atoms with Crippen LogP contribution in [0.4, 0.5) is 0 Å². The highest BCUT2D eigenvalue weighted by Crippen LogP contribution is 2.24. The Balaban J connectivity index is 1.37. The molecule has 0 aliphatic carbocycles. The molecule has 0 bridgehead atoms. The molecule has 0 aromatic carbocycles. The lowest BCUT2D eigenvalue weighted by Gasteiger charge is -2.34. The second kappa shape index (κ2) is 6.60. The topological polar surface area (TPSA) is 63.5 Å². The van der Waals surface area contributed by atoms with E-state index in [-0.39, 0.29) is 5.91 Å². The van der Waals surface area contributed by atoms with Gasteiger partial charge < -0.3 is 9.64 Å². The molecular weight excluding hydrogens is 306 g/mol. The summed E-state index contributed by atoms with van der Waals surface area (Å²) in [6.07, 6.45) is 4.40. The van der Waals surface area contributed by atoms with Gasteiger partial charge in [-0.2, -0.15) is 5.10 Å². The fourth-order valence-corrected chi connectivity index (χ4v) is 3.22. The maximum absolute atomic E-state index is 12.8. The molecule has 2 aromatic heterocycles. The minimum Gasteiger partial charge on any atom is -0.477 e. The minimum absolute atomic E-state index is 0.0237. The van der Waals surface area contributed by atoms with Crippen LogP contribution in [-0.4, -0.2) is 63.3 Å². The zero-order chi connectivity index (χ0) is 16.4. The van der Waals surface area contributed by atoms with E-state index in [0.717, 1.165) is 51.4 Å². The van der Waals surface area contributed by atoms with Gasteiger partial charge in [-0.25, -0.2) is 4.68 Å². The van der Waals surface area contributed by atoms with Crippen LogP contribution in [-0.2, 0) is 13.1 Å². The first-order valence-corrected chi connectivity index (χ1v) is 8.41. The molecule has 1 saturated heterocycles. The number of carbonyl (C=O) groups excluding carboxylic acids is 1. The van der Waals surface area contributed by atoms with E-state index in [1.54, 1.807) is 10.9 Å². The van der Waals surface area contributed by atoms with Crippen molar-refractivity contribution in [2.45, 2.75) is 19.5 Å². The third-order valence-electron chi connectivity index (χ3n) is 4.55. The lowest BCUT2D eigenvalue weighted by atomic mass is 10.2. The summed E-state index contributed by atoms with van der Waals surface area (Å²) < 4.78 is 7.43. The van der Waals surface area contributed by atoms with Gasteiger partial charge in [0.25, 0.3) is 5.91 Å². The predicted octanol–water partition coefficient (Wildman–Crippen LogP) is 1.02. The van der Waals surface area contributed by atoms with E-state index in [0.29, 0.717) is 18.1 Å². The zero-order valence-electron chi connectivity index (χ0n) is 13.6. The third-order valence-corrected chi connectivity index (χ3v) is 4.55. The van der Waals surface area contributed by atoms with Crippen molar-refractivity contribution in [3.63, 3.8) is 0 Å². The Morgan fingerprint density at radius 2 is 2.04 bits per heavy atom. The molecule has 0 spiro atoms. The molecule has 2 aromatic rings. The van der Waals surface area contributed by atoms with E-state index in [9.17, 15) is 4.79 Å². The Labute approximate surface area is 140 Å². The fourth-order valence-electron chi connectivity index (χ4n) is 3.22. The molecule has 4 rings (SSSR count). The van der Waals surface area contributed by atoms with Gasteiger partial charge in [0.15, 0.2) is 0 Å². The Kier molecular flexibility index (Phi) is 4.17. The van der Waals surface area contributed by atoms with Gasteiger partial charge in [-0.15, -0.1) is 0 Å². The summed E-state index contributed by atoms with van der Waals surface area (Å²) in [4.78, 5) is 21.3. The minimum atomic E-state index is 0.0237. The maximum Gasteiger partial charge on any atom is 0.261 e. The molecule has 0 unspecified atom stereocenters. The average Bonchev–Trinajstić information content (AvgIpc) is 3.07. The van der Waals surface area contributed by atoms with Gasteiger partial charge in [0.05, 0.1) is 18.5 Å². The first kappa shape index (κ1) is 15.1. The molecule has 4 heterocycles. The number of aryl methyl sites for hydroxylation is 1. The number of hydrogen-bond donors (Lipinski definition) is 0. The van der Waals surface area contributed by atoms with E-state index in [1.807, 2.05) is 29.3 Å². The van der Waals surface area contributed by atoms with Crippen LogP contribution in [0.25, 0.3) is 0 Å². The fraction of sp³-hybridized carbons (Fsp3) is 0.471. The Hall–Kier alpha value is -2.41. The van der Waals surface area contributed by atoms with Gasteiger partial charge >= 0.3 is 0 Å². The van der Waals surface area contributed by atoms with Crippen molar-refractivity contribution in [2.24, 2.45) is 0 Å². The maximum atomic E-state index is 12.8. The smallest absolute Gasteiger partial charge is 0.261 e. The van der Waals surface area contributed by atoms with E-state index in [1.165, 1.54) is 0 Å². The van der Waals surface area contributed by atoms with Crippen molar-refractivity contribution in [1.29, 1.82) is 0 Å². The number of nitrogens with zero attached hydrogens (tertiary/aromatic N) is 5. The van der Waals surface area contributed by atoms with Crippen LogP contribution < -0.4 is 4.74 Å². The number of ether oxygens (including phenoxy) is 1. The second-order valence-corrected chi connectivity index (χ2v) is 6.18. The number of hydrogen-bond acceptors (Lipinski definition) is 5. The summed E-state index contributed by atoms with van der Waals surface area (Å²) in [5.41, 5.74) is 1.66. The van der Waals surface area contributed by atoms with E-state index in [4.69, 9.17) is 4.74 Å². The standard InChI is InChI=1S/C17H21N5O2/c23-16(15-12-19-22-6-3-11-24-17(15)22)21-9-7-20(8-10-21)13-14-4-1-2-5-18-14/h1-2,4-5,12H,3,6-11,13H2. The highest BCUT2D eigenvalue weighted by atomic mass is 16.5. The summed E-state index contributed by atoms with van der Waals surface area (Å²) >= 11 is 0. The molecule has 0 atom stereocenters. The molecule has 7 heteroatoms. The summed E-state index contributed by atoms with van der Waals surface area (Å²) in [6.45, 7) is 5.45. The number of fused-ring (bicyclic) bond motifs is 1. The van der Waals surface area contributed by atoms with Crippen LogP contribution in [0.1, 0.15) is 22.5 Å². The second-order valence-electron chi connectivity index (χ2n) is 6.18. The molecule has 1 fully saturated rings. The molecule has 0 saturated carbocycles. The number of rotatable bonds is 3. The third kappa shape index (κ3) is 2.99. The molecule has 1 amide bonds. The summed E-state index contributed by atoms with van der Waals surface area (Å²) in [6, 6.07) is 5.97. The van der Waals surface area contributed by atoms with Crippen LogP contribution in [0.2, 0.25) is 0 Å². The monoisotopic (exact) mass is 327 g/mol. The highest BCUT2D eigenvalue weighted by molar-refractivity contribution is 5.96. The first-order chi connectivity index (χ1) is 11.8. The van der Waals surface area contributed by atoms with E-state index >= 15 is 0 Å². The largest absolute Gasteiger partial charge is 0.477 e. The van der Waals surface area contributed by atoms with Gasteiger partial charge in [-0.05, 0) is 12.1 Å². The van der Waals surface area contributed by atoms with Gasteiger partial charge in [-0.3, -0.25) is 14.7 Å². The van der Waals surface area contributed by atoms with Crippen LogP contribution >= 0.6 is 0 Å². The molecule has 0 N–H and O–H groups in total. The first-order valence-electron chi connectivity index (χ1n) is 8.41. The number of carbonyl (C=O) groups is 1. The van der Waals surface area contributed by atoms with Gasteiger partial charge in [0.2, 0.25) is 5.88 Å². The number of aromatic nitrogens is 3. The van der Waals surface area contributed by atoms with Crippen molar-refractivity contribution >= 4 is 5.91 Å². The molecule has 24 heavy (non-hydrogen) atoms. The van der Waals surface area contributed by atoms with Crippen LogP contribution in [0.15, 0.2) is 30.6 Å². The summed E-state index contributed by atoms with van der Waals surface area (Å²) in [7, 11) is 0. The lowest BCUT2D eigenvalue weighted by molar-refractivity contribution is 0.0621. The van der Waals surface area contributed by atoms with Crippen LogP contribution in [0, 0.1) is 0 Å². The molecule has 7 nitrogen and oxygen atoms in total. The van der Waals surface area contributed by atoms with Crippen LogP contribution in [0.3, 0.4) is 0 Å². The summed E-state index contributed by atoms with van der Waals surface area (Å²) in [5, 5.41) is 4.27. The quantitative estimate of drug-likeness (QED) is 0.842. The Bertz CT molecular complexity index is 707. The average molecular weight is 327 g/mol. The molecule has 126 valence electrons. The molecule has 0 radical (unpaired) electrons. The number of pyridine rings is 1.